The van der Waals surface area contributed by atoms with Crippen LogP contribution in [0.25, 0.3) is 21.5 Å². The van der Waals surface area contributed by atoms with Crippen molar-refractivity contribution in [3.63, 3.8) is 0 Å². The molecule has 1 unspecified atom stereocenters. The third-order valence-corrected chi connectivity index (χ3v) is 6.07. The lowest BCUT2D eigenvalue weighted by atomic mass is 10.0. The molecule has 3 aromatic heterocycles. The van der Waals surface area contributed by atoms with Gasteiger partial charge in [0.05, 0.1) is 39.0 Å². The van der Waals surface area contributed by atoms with Gasteiger partial charge in [-0.2, -0.15) is 0 Å². The van der Waals surface area contributed by atoms with Crippen LogP contribution in [-0.2, 0) is 13.0 Å². The van der Waals surface area contributed by atoms with Crippen molar-refractivity contribution in [2.24, 2.45) is 0 Å². The summed E-state index contributed by atoms with van der Waals surface area (Å²) in [6.45, 7) is 4.07. The highest BCUT2D eigenvalue weighted by atomic mass is 32.1. The van der Waals surface area contributed by atoms with Gasteiger partial charge >= 0.3 is 0 Å². The van der Waals surface area contributed by atoms with Crippen molar-refractivity contribution >= 4 is 21.6 Å². The number of thiazole rings is 1. The second-order valence-electron chi connectivity index (χ2n) is 6.87. The minimum atomic E-state index is 0.323. The van der Waals surface area contributed by atoms with Gasteiger partial charge in [-0.1, -0.05) is 6.07 Å². The van der Waals surface area contributed by atoms with Crippen LogP contribution < -0.4 is 0 Å². The molecule has 0 aliphatic carbocycles. The predicted molar refractivity (Wildman–Crippen MR) is 107 cm³/mol. The predicted octanol–water partition coefficient (Wildman–Crippen LogP) is 4.27. The third kappa shape index (κ3) is 3.11. The van der Waals surface area contributed by atoms with Crippen LogP contribution in [0.4, 0.5) is 0 Å². The third-order valence-electron chi connectivity index (χ3n) is 5.26. The van der Waals surface area contributed by atoms with Gasteiger partial charge < -0.3 is 0 Å². The first-order valence-electron chi connectivity index (χ1n) is 9.10. The second-order valence-corrected chi connectivity index (χ2v) is 7.75. The van der Waals surface area contributed by atoms with Gasteiger partial charge in [-0.25, -0.2) is 9.97 Å². The van der Waals surface area contributed by atoms with Crippen molar-refractivity contribution in [1.82, 2.24) is 24.8 Å². The topological polar surface area (TPSA) is 54.8 Å². The van der Waals surface area contributed by atoms with Crippen molar-refractivity contribution < 1.29 is 0 Å². The molecule has 0 amide bonds. The zero-order valence-electron chi connectivity index (χ0n) is 15.0. The summed E-state index contributed by atoms with van der Waals surface area (Å²) in [5.41, 5.74) is 8.40. The average molecular weight is 373 g/mol. The summed E-state index contributed by atoms with van der Waals surface area (Å²) in [7, 11) is 0. The zero-order valence-corrected chi connectivity index (χ0v) is 15.9. The number of nitrogens with zero attached hydrogens (tertiary/aromatic N) is 5. The van der Waals surface area contributed by atoms with E-state index in [9.17, 15) is 0 Å². The molecule has 4 aromatic rings. The summed E-state index contributed by atoms with van der Waals surface area (Å²) in [4.78, 5) is 20.7. The van der Waals surface area contributed by atoms with E-state index >= 15 is 0 Å². The highest BCUT2D eigenvalue weighted by Gasteiger charge is 2.24. The van der Waals surface area contributed by atoms with Gasteiger partial charge in [0.2, 0.25) is 0 Å². The maximum absolute atomic E-state index is 4.85. The fraction of sp³-hybridized carbons (Fsp3) is 0.238. The summed E-state index contributed by atoms with van der Waals surface area (Å²) in [5, 5.41) is 0. The molecule has 0 radical (unpaired) electrons. The molecule has 27 heavy (non-hydrogen) atoms. The molecule has 0 N–H and O–H groups in total. The van der Waals surface area contributed by atoms with Gasteiger partial charge in [0.15, 0.2) is 0 Å². The largest absolute Gasteiger partial charge is 0.290 e. The number of hydrogen-bond donors (Lipinski definition) is 0. The van der Waals surface area contributed by atoms with Crippen LogP contribution in [-0.4, -0.2) is 31.4 Å². The first kappa shape index (κ1) is 16.5. The van der Waals surface area contributed by atoms with Gasteiger partial charge in [-0.05, 0) is 36.8 Å². The minimum Gasteiger partial charge on any atom is -0.290 e. The number of hydrogen-bond acceptors (Lipinski definition) is 6. The first-order chi connectivity index (χ1) is 13.3. The normalized spacial score (nSPS) is 15.6. The quantitative estimate of drug-likeness (QED) is 0.537. The van der Waals surface area contributed by atoms with Crippen LogP contribution in [0.15, 0.2) is 54.4 Å². The van der Waals surface area contributed by atoms with Gasteiger partial charge in [0, 0.05) is 43.5 Å². The van der Waals surface area contributed by atoms with E-state index in [1.165, 1.54) is 10.3 Å². The number of fused-ring (bicyclic) bond motifs is 2. The second kappa shape index (κ2) is 6.79. The Morgan fingerprint density at radius 2 is 2.07 bits per heavy atom. The van der Waals surface area contributed by atoms with Crippen molar-refractivity contribution in [2.75, 3.05) is 6.54 Å². The summed E-state index contributed by atoms with van der Waals surface area (Å²) in [5.74, 6) is 0. The van der Waals surface area contributed by atoms with Crippen molar-refractivity contribution in [2.45, 2.75) is 25.9 Å². The van der Waals surface area contributed by atoms with Gasteiger partial charge in [0.25, 0.3) is 0 Å². The van der Waals surface area contributed by atoms with E-state index in [-0.39, 0.29) is 0 Å². The van der Waals surface area contributed by atoms with Crippen LogP contribution in [0.5, 0.6) is 0 Å². The molecular formula is C21H19N5S. The molecule has 134 valence electrons. The monoisotopic (exact) mass is 373 g/mol. The summed E-state index contributed by atoms with van der Waals surface area (Å²) in [6, 6.07) is 10.9. The molecule has 0 saturated heterocycles. The molecule has 0 fully saturated rings. The highest BCUT2D eigenvalue weighted by molar-refractivity contribution is 7.16. The standard InChI is InChI=1S/C21H19N5S/c1-14(15-4-5-21-18(9-15)24-13-27-21)26-8-6-17-20(12-26)23-11-19(25-17)16-3-2-7-22-10-16/h2-5,7,9-11,13-14H,6,8,12H2,1H3. The van der Waals surface area contributed by atoms with Crippen molar-refractivity contribution in [3.8, 4) is 11.3 Å². The molecule has 5 rings (SSSR count). The number of rotatable bonds is 3. The Morgan fingerprint density at radius 1 is 1.11 bits per heavy atom. The van der Waals surface area contributed by atoms with E-state index in [1.54, 1.807) is 17.5 Å². The van der Waals surface area contributed by atoms with Crippen LogP contribution in [0.1, 0.15) is 29.9 Å². The SMILES string of the molecule is CC(c1ccc2scnc2c1)N1CCc2nc(-c3cccnc3)cnc2C1. The molecule has 0 saturated carbocycles. The Balaban J connectivity index is 1.39. The van der Waals surface area contributed by atoms with Gasteiger partial charge in [-0.15, -0.1) is 11.3 Å². The number of benzene rings is 1. The molecule has 0 bridgehead atoms. The molecule has 1 aliphatic heterocycles. The lowest BCUT2D eigenvalue weighted by Gasteiger charge is -2.33. The van der Waals surface area contributed by atoms with Crippen LogP contribution >= 0.6 is 11.3 Å². The van der Waals surface area contributed by atoms with E-state index in [1.807, 2.05) is 30.0 Å². The van der Waals surface area contributed by atoms with E-state index in [0.717, 1.165) is 47.7 Å². The highest BCUT2D eigenvalue weighted by Crippen LogP contribution is 2.29. The van der Waals surface area contributed by atoms with E-state index in [4.69, 9.17) is 9.97 Å². The van der Waals surface area contributed by atoms with E-state index in [0.29, 0.717) is 6.04 Å². The Morgan fingerprint density at radius 3 is 2.96 bits per heavy atom. The van der Waals surface area contributed by atoms with Crippen LogP contribution in [0.3, 0.4) is 0 Å². The Kier molecular flexibility index (Phi) is 4.14. The molecule has 1 atom stereocenters. The number of aromatic nitrogens is 4. The molecule has 1 aromatic carbocycles. The summed E-state index contributed by atoms with van der Waals surface area (Å²) >= 11 is 1.69. The Hall–Kier alpha value is -2.70. The van der Waals surface area contributed by atoms with Gasteiger partial charge in [-0.3, -0.25) is 14.9 Å². The fourth-order valence-electron chi connectivity index (χ4n) is 3.64. The minimum absolute atomic E-state index is 0.323. The Bertz CT molecular complexity index is 1090. The first-order valence-corrected chi connectivity index (χ1v) is 9.98. The maximum atomic E-state index is 4.85. The smallest absolute Gasteiger partial charge is 0.0904 e. The zero-order chi connectivity index (χ0) is 18.2. The van der Waals surface area contributed by atoms with Crippen LogP contribution in [0.2, 0.25) is 0 Å². The number of pyridine rings is 1. The molecule has 1 aliphatic rings. The molecule has 5 nitrogen and oxygen atoms in total. The average Bonchev–Trinajstić information content (AvgIpc) is 3.21. The lowest BCUT2D eigenvalue weighted by Crippen LogP contribution is -2.34. The van der Waals surface area contributed by atoms with E-state index in [2.05, 4.69) is 40.0 Å². The molecular weight excluding hydrogens is 354 g/mol. The Labute approximate surface area is 161 Å². The summed E-state index contributed by atoms with van der Waals surface area (Å²) in [6.07, 6.45) is 6.39. The molecule has 0 spiro atoms. The van der Waals surface area contributed by atoms with Crippen molar-refractivity contribution in [3.05, 3.63) is 71.4 Å². The maximum Gasteiger partial charge on any atom is 0.0904 e. The van der Waals surface area contributed by atoms with E-state index < -0.39 is 0 Å². The molecule has 4 heterocycles. The fourth-order valence-corrected chi connectivity index (χ4v) is 4.29. The lowest BCUT2D eigenvalue weighted by molar-refractivity contribution is 0.187. The molecule has 6 heteroatoms. The van der Waals surface area contributed by atoms with Crippen LogP contribution in [0, 0.1) is 0 Å². The van der Waals surface area contributed by atoms with Crippen molar-refractivity contribution in [1.29, 1.82) is 0 Å². The summed E-state index contributed by atoms with van der Waals surface area (Å²) < 4.78 is 1.24. The van der Waals surface area contributed by atoms with Gasteiger partial charge in [0.1, 0.15) is 0 Å².